The molecule has 0 unspecified atom stereocenters. The van der Waals surface area contributed by atoms with E-state index >= 15 is 0 Å². The lowest BCUT2D eigenvalue weighted by atomic mass is 10.3. The van der Waals surface area contributed by atoms with Crippen molar-refractivity contribution in [2.45, 2.75) is 6.54 Å². The maximum Gasteiger partial charge on any atom is 0.240 e. The maximum atomic E-state index is 4.97. The van der Waals surface area contributed by atoms with E-state index in [1.807, 2.05) is 0 Å². The summed E-state index contributed by atoms with van der Waals surface area (Å²) in [7, 11) is 2.08. The Labute approximate surface area is 95.6 Å². The van der Waals surface area contributed by atoms with Crippen molar-refractivity contribution in [3.05, 3.63) is 12.2 Å². The number of likely N-dealkylation sites (N-methyl/N-ethyl adjacent to an activating group) is 1. The van der Waals surface area contributed by atoms with Crippen molar-refractivity contribution in [1.29, 1.82) is 0 Å². The van der Waals surface area contributed by atoms with Crippen molar-refractivity contribution in [3.8, 4) is 0 Å². The zero-order chi connectivity index (χ0) is 11.2. The summed E-state index contributed by atoms with van der Waals surface area (Å²) in [5.41, 5.74) is 0. The van der Waals surface area contributed by atoms with Crippen LogP contribution in [0.3, 0.4) is 0 Å². The summed E-state index contributed by atoms with van der Waals surface area (Å²) in [6.07, 6.45) is 1.44. The highest BCUT2D eigenvalue weighted by Gasteiger charge is 2.11. The van der Waals surface area contributed by atoms with Crippen LogP contribution in [0.4, 0.5) is 0 Å². The SMILES string of the molecule is CN(CCN1CCNCC1)Cc1ncno1. The van der Waals surface area contributed by atoms with E-state index in [0.29, 0.717) is 5.89 Å². The summed E-state index contributed by atoms with van der Waals surface area (Å²) in [5.74, 6) is 0.683. The van der Waals surface area contributed by atoms with Gasteiger partial charge in [0.2, 0.25) is 5.89 Å². The van der Waals surface area contributed by atoms with E-state index in [-0.39, 0.29) is 0 Å². The maximum absolute atomic E-state index is 4.97. The van der Waals surface area contributed by atoms with Gasteiger partial charge in [-0.15, -0.1) is 0 Å². The topological polar surface area (TPSA) is 57.4 Å². The van der Waals surface area contributed by atoms with E-state index in [1.165, 1.54) is 6.33 Å². The summed E-state index contributed by atoms with van der Waals surface area (Å²) in [6, 6.07) is 0. The molecule has 6 nitrogen and oxygen atoms in total. The van der Waals surface area contributed by atoms with Gasteiger partial charge in [-0.25, -0.2) is 0 Å². The molecular formula is C10H19N5O. The molecule has 1 aromatic rings. The van der Waals surface area contributed by atoms with E-state index in [1.54, 1.807) is 0 Å². The summed E-state index contributed by atoms with van der Waals surface area (Å²) >= 11 is 0. The van der Waals surface area contributed by atoms with Crippen molar-refractivity contribution >= 4 is 0 Å². The number of hydrogen-bond donors (Lipinski definition) is 1. The van der Waals surface area contributed by atoms with Crippen molar-refractivity contribution < 1.29 is 4.52 Å². The van der Waals surface area contributed by atoms with Gasteiger partial charge in [0.25, 0.3) is 0 Å². The molecule has 0 aromatic carbocycles. The fourth-order valence-corrected chi connectivity index (χ4v) is 1.82. The molecule has 1 aliphatic rings. The lowest BCUT2D eigenvalue weighted by Gasteiger charge is -2.28. The van der Waals surface area contributed by atoms with Gasteiger partial charge in [0.1, 0.15) is 0 Å². The molecular weight excluding hydrogens is 206 g/mol. The van der Waals surface area contributed by atoms with Gasteiger partial charge in [-0.2, -0.15) is 4.98 Å². The van der Waals surface area contributed by atoms with Gasteiger partial charge < -0.3 is 9.84 Å². The number of rotatable bonds is 5. The fourth-order valence-electron chi connectivity index (χ4n) is 1.82. The van der Waals surface area contributed by atoms with Crippen LogP contribution in [0, 0.1) is 0 Å². The quantitative estimate of drug-likeness (QED) is 0.722. The number of nitrogens with one attached hydrogen (secondary N) is 1. The van der Waals surface area contributed by atoms with Crippen molar-refractivity contribution in [3.63, 3.8) is 0 Å². The van der Waals surface area contributed by atoms with Crippen LogP contribution < -0.4 is 5.32 Å². The Kier molecular flexibility index (Phi) is 4.26. The Morgan fingerprint density at radius 2 is 2.31 bits per heavy atom. The van der Waals surface area contributed by atoms with Gasteiger partial charge in [-0.05, 0) is 7.05 Å². The standard InChI is InChI=1S/C10H19N5O/c1-14(8-10-12-9-13-16-10)6-7-15-4-2-11-3-5-15/h9,11H,2-8H2,1H3. The predicted octanol–water partition coefficient (Wildman–Crippen LogP) is -0.593. The van der Waals surface area contributed by atoms with Crippen LogP contribution in [0.5, 0.6) is 0 Å². The van der Waals surface area contributed by atoms with Crippen LogP contribution in [-0.4, -0.2) is 66.3 Å². The summed E-state index contributed by atoms with van der Waals surface area (Å²) in [6.45, 7) is 7.37. The highest BCUT2D eigenvalue weighted by atomic mass is 16.5. The third-order valence-corrected chi connectivity index (χ3v) is 2.82. The third-order valence-electron chi connectivity index (χ3n) is 2.82. The minimum absolute atomic E-state index is 0.683. The Morgan fingerprint density at radius 1 is 1.50 bits per heavy atom. The fraction of sp³-hybridized carbons (Fsp3) is 0.800. The smallest absolute Gasteiger partial charge is 0.240 e. The van der Waals surface area contributed by atoms with E-state index in [9.17, 15) is 0 Å². The van der Waals surface area contributed by atoms with Gasteiger partial charge >= 0.3 is 0 Å². The first kappa shape index (κ1) is 11.5. The Hall–Kier alpha value is -0.980. The molecule has 2 rings (SSSR count). The summed E-state index contributed by atoms with van der Waals surface area (Å²) < 4.78 is 4.97. The molecule has 0 saturated carbocycles. The summed E-state index contributed by atoms with van der Waals surface area (Å²) in [4.78, 5) is 8.68. The van der Waals surface area contributed by atoms with Crippen LogP contribution in [0.25, 0.3) is 0 Å². The van der Waals surface area contributed by atoms with Crippen molar-refractivity contribution in [2.24, 2.45) is 0 Å². The van der Waals surface area contributed by atoms with E-state index in [4.69, 9.17) is 4.52 Å². The monoisotopic (exact) mass is 225 g/mol. The van der Waals surface area contributed by atoms with E-state index in [2.05, 4.69) is 32.3 Å². The Morgan fingerprint density at radius 3 is 3.00 bits per heavy atom. The van der Waals surface area contributed by atoms with Crippen molar-refractivity contribution in [2.75, 3.05) is 46.3 Å². The number of nitrogens with zero attached hydrogens (tertiary/aromatic N) is 4. The molecule has 16 heavy (non-hydrogen) atoms. The molecule has 90 valence electrons. The second-order valence-corrected chi connectivity index (χ2v) is 4.16. The lowest BCUT2D eigenvalue weighted by molar-refractivity contribution is 0.192. The largest absolute Gasteiger partial charge is 0.338 e. The van der Waals surface area contributed by atoms with Crippen LogP contribution >= 0.6 is 0 Å². The van der Waals surface area contributed by atoms with Crippen LogP contribution in [-0.2, 0) is 6.54 Å². The molecule has 6 heteroatoms. The minimum Gasteiger partial charge on any atom is -0.338 e. The molecule has 0 radical (unpaired) electrons. The second kappa shape index (κ2) is 5.93. The predicted molar refractivity (Wildman–Crippen MR) is 59.9 cm³/mol. The van der Waals surface area contributed by atoms with Gasteiger partial charge in [-0.1, -0.05) is 5.16 Å². The Balaban J connectivity index is 1.65. The molecule has 2 heterocycles. The van der Waals surface area contributed by atoms with Crippen LogP contribution in [0.15, 0.2) is 10.9 Å². The molecule has 1 saturated heterocycles. The normalized spacial score (nSPS) is 18.1. The molecule has 0 bridgehead atoms. The van der Waals surface area contributed by atoms with Crippen LogP contribution in [0.1, 0.15) is 5.89 Å². The zero-order valence-electron chi connectivity index (χ0n) is 9.72. The molecule has 0 spiro atoms. The number of aromatic nitrogens is 2. The average molecular weight is 225 g/mol. The van der Waals surface area contributed by atoms with E-state index < -0.39 is 0 Å². The average Bonchev–Trinajstić information content (AvgIpc) is 2.81. The highest BCUT2D eigenvalue weighted by molar-refractivity contribution is 4.74. The highest BCUT2D eigenvalue weighted by Crippen LogP contribution is 1.98. The molecule has 0 amide bonds. The Bertz CT molecular complexity index is 283. The van der Waals surface area contributed by atoms with Gasteiger partial charge in [0.15, 0.2) is 6.33 Å². The third kappa shape index (κ3) is 3.55. The first-order valence-electron chi connectivity index (χ1n) is 5.72. The van der Waals surface area contributed by atoms with E-state index in [0.717, 1.165) is 45.8 Å². The molecule has 1 aliphatic heterocycles. The summed E-state index contributed by atoms with van der Waals surface area (Å²) in [5, 5.41) is 6.94. The second-order valence-electron chi connectivity index (χ2n) is 4.16. The lowest BCUT2D eigenvalue weighted by Crippen LogP contribution is -2.45. The molecule has 1 aromatic heterocycles. The molecule has 1 fully saturated rings. The first-order chi connectivity index (χ1) is 7.84. The zero-order valence-corrected chi connectivity index (χ0v) is 9.72. The number of piperazine rings is 1. The van der Waals surface area contributed by atoms with Crippen molar-refractivity contribution in [1.82, 2.24) is 25.3 Å². The van der Waals surface area contributed by atoms with Crippen LogP contribution in [0.2, 0.25) is 0 Å². The van der Waals surface area contributed by atoms with Gasteiger partial charge in [-0.3, -0.25) is 9.80 Å². The first-order valence-corrected chi connectivity index (χ1v) is 5.72. The molecule has 1 N–H and O–H groups in total. The minimum atomic E-state index is 0.683. The van der Waals surface area contributed by atoms with Gasteiger partial charge in [0.05, 0.1) is 6.54 Å². The molecule has 0 atom stereocenters. The number of hydrogen-bond acceptors (Lipinski definition) is 6. The molecule has 0 aliphatic carbocycles. The van der Waals surface area contributed by atoms with Gasteiger partial charge in [0, 0.05) is 39.3 Å².